The van der Waals surface area contributed by atoms with E-state index in [9.17, 15) is 9.59 Å². The smallest absolute Gasteiger partial charge is 0.412 e. The van der Waals surface area contributed by atoms with Crippen molar-refractivity contribution in [1.29, 1.82) is 0 Å². The van der Waals surface area contributed by atoms with Gasteiger partial charge in [-0.25, -0.2) is 9.59 Å². The minimum Gasteiger partial charge on any atom is -0.478 e. The van der Waals surface area contributed by atoms with Gasteiger partial charge in [-0.3, -0.25) is 5.32 Å². The summed E-state index contributed by atoms with van der Waals surface area (Å²) in [4.78, 5) is 22.4. The Balaban J connectivity index is 2.89. The van der Waals surface area contributed by atoms with Gasteiger partial charge in [-0.05, 0) is 32.9 Å². The fourth-order valence-electron chi connectivity index (χ4n) is 1.21. The van der Waals surface area contributed by atoms with Crippen LogP contribution >= 0.6 is 11.6 Å². The zero-order chi connectivity index (χ0) is 13.9. The lowest BCUT2D eigenvalue weighted by molar-refractivity contribution is 0.0633. The molecule has 0 atom stereocenters. The standard InChI is InChI=1S/C12H14ClNO4/c1-12(2,3)18-11(17)14-8-6-4-5-7(9(8)13)10(15)16/h4-6H,1-3H3,(H,14,17)(H,15,16). The van der Waals surface area contributed by atoms with E-state index in [0.717, 1.165) is 0 Å². The first-order chi connectivity index (χ1) is 8.20. The van der Waals surface area contributed by atoms with E-state index in [1.807, 2.05) is 0 Å². The number of hydrogen-bond acceptors (Lipinski definition) is 3. The summed E-state index contributed by atoms with van der Waals surface area (Å²) in [7, 11) is 0. The molecule has 0 aliphatic rings. The van der Waals surface area contributed by atoms with Gasteiger partial charge in [-0.2, -0.15) is 0 Å². The molecule has 18 heavy (non-hydrogen) atoms. The van der Waals surface area contributed by atoms with Gasteiger partial charge in [0.25, 0.3) is 0 Å². The van der Waals surface area contributed by atoms with Crippen LogP contribution in [-0.2, 0) is 4.74 Å². The molecule has 1 rings (SSSR count). The number of carboxylic acids is 1. The number of carbonyl (C=O) groups is 2. The average molecular weight is 272 g/mol. The van der Waals surface area contributed by atoms with Crippen LogP contribution in [0.25, 0.3) is 0 Å². The van der Waals surface area contributed by atoms with Gasteiger partial charge in [0.1, 0.15) is 5.60 Å². The summed E-state index contributed by atoms with van der Waals surface area (Å²) in [5, 5.41) is 11.3. The van der Waals surface area contributed by atoms with Gasteiger partial charge in [0.05, 0.1) is 16.3 Å². The number of amides is 1. The predicted octanol–water partition coefficient (Wildman–Crippen LogP) is 3.39. The zero-order valence-electron chi connectivity index (χ0n) is 10.3. The first-order valence-corrected chi connectivity index (χ1v) is 5.60. The van der Waals surface area contributed by atoms with Crippen molar-refractivity contribution in [3.8, 4) is 0 Å². The Bertz CT molecular complexity index is 479. The summed E-state index contributed by atoms with van der Waals surface area (Å²) in [5.41, 5.74) is -0.517. The number of rotatable bonds is 2. The van der Waals surface area contributed by atoms with Crippen molar-refractivity contribution < 1.29 is 19.4 Å². The highest BCUT2D eigenvalue weighted by atomic mass is 35.5. The maximum Gasteiger partial charge on any atom is 0.412 e. The Morgan fingerprint density at radius 1 is 1.33 bits per heavy atom. The van der Waals surface area contributed by atoms with Gasteiger partial charge in [-0.1, -0.05) is 17.7 Å². The van der Waals surface area contributed by atoms with Crippen LogP contribution in [0.5, 0.6) is 0 Å². The third-order valence-corrected chi connectivity index (χ3v) is 2.27. The first-order valence-electron chi connectivity index (χ1n) is 5.22. The molecular weight excluding hydrogens is 258 g/mol. The summed E-state index contributed by atoms with van der Waals surface area (Å²) < 4.78 is 5.04. The molecule has 5 nitrogen and oxygen atoms in total. The molecule has 0 fully saturated rings. The molecule has 2 N–H and O–H groups in total. The molecule has 0 saturated carbocycles. The first kappa shape index (κ1) is 14.3. The number of hydrogen-bond donors (Lipinski definition) is 2. The van der Waals surface area contributed by atoms with Crippen molar-refractivity contribution in [3.63, 3.8) is 0 Å². The minimum absolute atomic E-state index is 0.0316. The largest absolute Gasteiger partial charge is 0.478 e. The SMILES string of the molecule is CC(C)(C)OC(=O)Nc1cccc(C(=O)O)c1Cl. The van der Waals surface area contributed by atoms with E-state index in [0.29, 0.717) is 0 Å². The normalized spacial score (nSPS) is 10.9. The van der Waals surface area contributed by atoms with Crippen molar-refractivity contribution in [2.45, 2.75) is 26.4 Å². The maximum atomic E-state index is 11.5. The van der Waals surface area contributed by atoms with Gasteiger partial charge < -0.3 is 9.84 Å². The Hall–Kier alpha value is -1.75. The van der Waals surface area contributed by atoms with Gasteiger partial charge in [0.15, 0.2) is 0 Å². The molecule has 0 aromatic heterocycles. The maximum absolute atomic E-state index is 11.5. The Labute approximate surface area is 110 Å². The molecule has 0 aliphatic heterocycles. The second kappa shape index (κ2) is 5.27. The summed E-state index contributed by atoms with van der Waals surface area (Å²) in [6.45, 7) is 5.17. The van der Waals surface area contributed by atoms with Gasteiger partial charge in [0, 0.05) is 0 Å². The second-order valence-electron chi connectivity index (χ2n) is 4.60. The van der Waals surface area contributed by atoms with Crippen LogP contribution in [0.4, 0.5) is 10.5 Å². The minimum atomic E-state index is -1.16. The molecule has 0 unspecified atom stereocenters. The second-order valence-corrected chi connectivity index (χ2v) is 4.98. The number of anilines is 1. The van der Waals surface area contributed by atoms with Crippen LogP contribution in [0, 0.1) is 0 Å². The number of carbonyl (C=O) groups excluding carboxylic acids is 1. The van der Waals surface area contributed by atoms with Gasteiger partial charge >= 0.3 is 12.1 Å². The molecule has 0 saturated heterocycles. The van der Waals surface area contributed by atoms with Crippen molar-refractivity contribution in [3.05, 3.63) is 28.8 Å². The summed E-state index contributed by atoms with van der Waals surface area (Å²) in [6, 6.07) is 4.34. The van der Waals surface area contributed by atoms with Crippen molar-refractivity contribution >= 4 is 29.4 Å². The third-order valence-electron chi connectivity index (χ3n) is 1.86. The molecule has 6 heteroatoms. The van der Waals surface area contributed by atoms with E-state index >= 15 is 0 Å². The summed E-state index contributed by atoms with van der Waals surface area (Å²) in [6.07, 6.45) is -0.688. The molecule has 1 amide bonds. The lowest BCUT2D eigenvalue weighted by atomic mass is 10.2. The lowest BCUT2D eigenvalue weighted by Gasteiger charge is -2.20. The van der Waals surface area contributed by atoms with Crippen LogP contribution in [0.3, 0.4) is 0 Å². The van der Waals surface area contributed by atoms with E-state index in [1.54, 1.807) is 20.8 Å². The van der Waals surface area contributed by atoms with Crippen LogP contribution in [0.2, 0.25) is 5.02 Å². The summed E-state index contributed by atoms with van der Waals surface area (Å²) in [5.74, 6) is -1.16. The molecule has 98 valence electrons. The van der Waals surface area contributed by atoms with Crippen molar-refractivity contribution in [2.75, 3.05) is 5.32 Å². The monoisotopic (exact) mass is 271 g/mol. The van der Waals surface area contributed by atoms with E-state index in [-0.39, 0.29) is 16.3 Å². The average Bonchev–Trinajstić information content (AvgIpc) is 2.17. The quantitative estimate of drug-likeness (QED) is 0.864. The Morgan fingerprint density at radius 2 is 1.94 bits per heavy atom. The summed E-state index contributed by atoms with van der Waals surface area (Å²) >= 11 is 5.87. The van der Waals surface area contributed by atoms with E-state index in [2.05, 4.69) is 5.32 Å². The van der Waals surface area contributed by atoms with Gasteiger partial charge in [-0.15, -0.1) is 0 Å². The molecule has 0 radical (unpaired) electrons. The van der Waals surface area contributed by atoms with Crippen LogP contribution in [0.1, 0.15) is 31.1 Å². The third kappa shape index (κ3) is 3.92. The number of benzene rings is 1. The van der Waals surface area contributed by atoms with Crippen molar-refractivity contribution in [1.82, 2.24) is 0 Å². The van der Waals surface area contributed by atoms with E-state index in [4.69, 9.17) is 21.4 Å². The molecule has 0 bridgehead atoms. The highest BCUT2D eigenvalue weighted by Crippen LogP contribution is 2.26. The van der Waals surface area contributed by atoms with Crippen molar-refractivity contribution in [2.24, 2.45) is 0 Å². The number of halogens is 1. The Morgan fingerprint density at radius 3 is 2.44 bits per heavy atom. The fraction of sp³-hybridized carbons (Fsp3) is 0.333. The molecule has 0 spiro atoms. The predicted molar refractivity (Wildman–Crippen MR) is 68.3 cm³/mol. The molecule has 1 aromatic rings. The highest BCUT2D eigenvalue weighted by Gasteiger charge is 2.18. The molecular formula is C12H14ClNO4. The molecule has 0 heterocycles. The molecule has 1 aromatic carbocycles. The highest BCUT2D eigenvalue weighted by molar-refractivity contribution is 6.36. The van der Waals surface area contributed by atoms with Gasteiger partial charge in [0.2, 0.25) is 0 Å². The van der Waals surface area contributed by atoms with Crippen LogP contribution in [-0.4, -0.2) is 22.8 Å². The number of aromatic carboxylic acids is 1. The lowest BCUT2D eigenvalue weighted by Crippen LogP contribution is -2.27. The number of carboxylic acid groups (broad SMARTS) is 1. The van der Waals surface area contributed by atoms with Crippen LogP contribution in [0.15, 0.2) is 18.2 Å². The Kier molecular flexibility index (Phi) is 4.19. The topological polar surface area (TPSA) is 75.6 Å². The molecule has 0 aliphatic carbocycles. The fourth-order valence-corrected chi connectivity index (χ4v) is 1.46. The van der Waals surface area contributed by atoms with E-state index in [1.165, 1.54) is 18.2 Å². The van der Waals surface area contributed by atoms with Crippen LogP contribution < -0.4 is 5.32 Å². The zero-order valence-corrected chi connectivity index (χ0v) is 11.0. The van der Waals surface area contributed by atoms with E-state index < -0.39 is 17.7 Å². The number of ether oxygens (including phenoxy) is 1. The number of nitrogens with one attached hydrogen (secondary N) is 1.